The number of nitro benzene ring substituents is 1. The zero-order valence-electron chi connectivity index (χ0n) is 15.6. The highest BCUT2D eigenvalue weighted by Crippen LogP contribution is 2.37. The van der Waals surface area contributed by atoms with Crippen LogP contribution in [0, 0.1) is 10.1 Å². The standard InChI is InChI=1S/C17H15Cl2N3O6S3/c18-29-15-6-5-14(11-16(15)30-19)31(26,27)21-9-7-20(8-10-21)17(23)28-13-3-1-12(2-4-13)22(24)25/h1-6,11H,7-10H2. The first-order valence-electron chi connectivity index (χ1n) is 8.69. The first-order chi connectivity index (χ1) is 14.8. The van der Waals surface area contributed by atoms with Crippen molar-refractivity contribution in [2.45, 2.75) is 14.7 Å². The molecule has 0 N–H and O–H groups in total. The van der Waals surface area contributed by atoms with Gasteiger partial charge in [-0.15, -0.1) is 0 Å². The van der Waals surface area contributed by atoms with E-state index in [0.717, 1.165) is 22.0 Å². The Hall–Kier alpha value is -1.70. The Kier molecular flexibility index (Phi) is 7.94. The Balaban J connectivity index is 1.63. The van der Waals surface area contributed by atoms with Gasteiger partial charge in [-0.3, -0.25) is 10.1 Å². The Morgan fingerprint density at radius 2 is 1.61 bits per heavy atom. The molecule has 14 heteroatoms. The second-order valence-electron chi connectivity index (χ2n) is 6.27. The molecule has 1 heterocycles. The molecule has 3 rings (SSSR count). The summed E-state index contributed by atoms with van der Waals surface area (Å²) < 4.78 is 32.4. The zero-order chi connectivity index (χ0) is 22.6. The van der Waals surface area contributed by atoms with Gasteiger partial charge in [-0.05, 0) is 73.6 Å². The largest absolute Gasteiger partial charge is 0.415 e. The quantitative estimate of drug-likeness (QED) is 0.399. The monoisotopic (exact) mass is 523 g/mol. The average molecular weight is 524 g/mol. The molecular weight excluding hydrogens is 509 g/mol. The Morgan fingerprint density at radius 3 is 2.16 bits per heavy atom. The summed E-state index contributed by atoms with van der Waals surface area (Å²) in [6.07, 6.45) is -0.657. The van der Waals surface area contributed by atoms with Crippen LogP contribution in [0.3, 0.4) is 0 Å². The van der Waals surface area contributed by atoms with Gasteiger partial charge in [0.2, 0.25) is 10.0 Å². The molecule has 1 fully saturated rings. The molecule has 31 heavy (non-hydrogen) atoms. The molecule has 0 unspecified atom stereocenters. The number of non-ortho nitro benzene ring substituents is 1. The molecule has 166 valence electrons. The molecule has 0 atom stereocenters. The van der Waals surface area contributed by atoms with Gasteiger partial charge in [0.1, 0.15) is 5.75 Å². The third kappa shape index (κ3) is 5.57. The molecule has 0 aromatic heterocycles. The molecule has 0 aliphatic carbocycles. The minimum atomic E-state index is -3.77. The highest BCUT2D eigenvalue weighted by atomic mass is 35.7. The first-order valence-corrected chi connectivity index (χ1v) is 13.4. The maximum atomic E-state index is 13.0. The maximum Gasteiger partial charge on any atom is 0.415 e. The summed E-state index contributed by atoms with van der Waals surface area (Å²) in [5, 5.41) is 10.7. The van der Waals surface area contributed by atoms with Crippen LogP contribution in [0.15, 0.2) is 57.2 Å². The number of nitrogens with zero attached hydrogens (tertiary/aromatic N) is 3. The summed E-state index contributed by atoms with van der Waals surface area (Å²) in [5.74, 6) is 0.161. The molecule has 1 saturated heterocycles. The van der Waals surface area contributed by atoms with Crippen molar-refractivity contribution in [1.29, 1.82) is 0 Å². The third-order valence-corrected chi connectivity index (χ3v) is 8.52. The number of hydrogen-bond donors (Lipinski definition) is 0. The van der Waals surface area contributed by atoms with Crippen LogP contribution in [-0.4, -0.2) is 54.8 Å². The summed E-state index contributed by atoms with van der Waals surface area (Å²) in [6, 6.07) is 9.63. The van der Waals surface area contributed by atoms with E-state index in [9.17, 15) is 23.3 Å². The number of sulfonamides is 1. The highest BCUT2D eigenvalue weighted by molar-refractivity contribution is 8.23. The van der Waals surface area contributed by atoms with Crippen LogP contribution in [0.25, 0.3) is 0 Å². The van der Waals surface area contributed by atoms with E-state index < -0.39 is 21.0 Å². The van der Waals surface area contributed by atoms with Crippen LogP contribution in [0.1, 0.15) is 0 Å². The van der Waals surface area contributed by atoms with Crippen LogP contribution in [0.2, 0.25) is 0 Å². The maximum absolute atomic E-state index is 13.0. The number of ether oxygens (including phenoxy) is 1. The predicted octanol–water partition coefficient (Wildman–Crippen LogP) is 4.59. The molecule has 9 nitrogen and oxygen atoms in total. The van der Waals surface area contributed by atoms with E-state index in [2.05, 4.69) is 0 Å². The summed E-state index contributed by atoms with van der Waals surface area (Å²) in [5.41, 5.74) is -0.119. The van der Waals surface area contributed by atoms with E-state index in [1.165, 1.54) is 45.6 Å². The van der Waals surface area contributed by atoms with Crippen LogP contribution < -0.4 is 4.74 Å². The number of halogens is 2. The molecule has 1 aliphatic rings. The van der Waals surface area contributed by atoms with E-state index in [4.69, 9.17) is 26.1 Å². The van der Waals surface area contributed by atoms with Gasteiger partial charge >= 0.3 is 6.09 Å². The summed E-state index contributed by atoms with van der Waals surface area (Å²) >= 11 is 0. The number of amides is 1. The van der Waals surface area contributed by atoms with Crippen molar-refractivity contribution in [1.82, 2.24) is 9.21 Å². The number of carbonyl (C=O) groups is 1. The number of carbonyl (C=O) groups excluding carboxylic acids is 1. The van der Waals surface area contributed by atoms with E-state index >= 15 is 0 Å². The van der Waals surface area contributed by atoms with Gasteiger partial charge in [-0.2, -0.15) is 4.31 Å². The molecule has 1 amide bonds. The number of benzene rings is 2. The van der Waals surface area contributed by atoms with Gasteiger partial charge in [0.15, 0.2) is 0 Å². The van der Waals surface area contributed by atoms with Crippen LogP contribution in [-0.2, 0) is 10.0 Å². The molecule has 0 radical (unpaired) electrons. The Labute approximate surface area is 195 Å². The van der Waals surface area contributed by atoms with E-state index in [-0.39, 0.29) is 42.5 Å². The molecule has 0 bridgehead atoms. The third-order valence-electron chi connectivity index (χ3n) is 4.47. The smallest absolute Gasteiger partial charge is 0.410 e. The Bertz CT molecular complexity index is 1080. The molecule has 0 saturated carbocycles. The van der Waals surface area contributed by atoms with Gasteiger partial charge in [0, 0.05) is 48.1 Å². The van der Waals surface area contributed by atoms with Gasteiger partial charge in [-0.25, -0.2) is 13.2 Å². The lowest BCUT2D eigenvalue weighted by Gasteiger charge is -2.33. The SMILES string of the molecule is O=C(Oc1ccc([N+](=O)[O-])cc1)N1CCN(S(=O)(=O)c2ccc(SCl)c(SCl)c2)CC1. The number of piperazine rings is 1. The molecule has 0 spiro atoms. The topological polar surface area (TPSA) is 110 Å². The van der Waals surface area contributed by atoms with Gasteiger partial charge in [0.25, 0.3) is 5.69 Å². The summed E-state index contributed by atoms with van der Waals surface area (Å²) in [6.45, 7) is 0.454. The lowest BCUT2D eigenvalue weighted by Crippen LogP contribution is -2.51. The predicted molar refractivity (Wildman–Crippen MR) is 119 cm³/mol. The fourth-order valence-electron chi connectivity index (χ4n) is 2.83. The molecule has 2 aromatic carbocycles. The van der Waals surface area contributed by atoms with Crippen molar-refractivity contribution in [3.63, 3.8) is 0 Å². The number of nitro groups is 1. The molecule has 1 aliphatic heterocycles. The van der Waals surface area contributed by atoms with Gasteiger partial charge in [-0.1, -0.05) is 0 Å². The van der Waals surface area contributed by atoms with Crippen molar-refractivity contribution >= 4 is 65.1 Å². The summed E-state index contributed by atoms with van der Waals surface area (Å²) in [7, 11) is 9.62. The highest BCUT2D eigenvalue weighted by Gasteiger charge is 2.31. The van der Waals surface area contributed by atoms with Crippen molar-refractivity contribution in [3.8, 4) is 5.75 Å². The second kappa shape index (κ2) is 10.3. The van der Waals surface area contributed by atoms with Crippen LogP contribution >= 0.6 is 43.3 Å². The van der Waals surface area contributed by atoms with Gasteiger partial charge < -0.3 is 9.64 Å². The fraction of sp³-hybridized carbons (Fsp3) is 0.235. The van der Waals surface area contributed by atoms with Crippen molar-refractivity contribution in [2.75, 3.05) is 26.2 Å². The minimum absolute atomic E-state index is 0.0898. The Morgan fingerprint density at radius 1 is 1.00 bits per heavy atom. The van der Waals surface area contributed by atoms with Crippen LogP contribution in [0.5, 0.6) is 5.75 Å². The van der Waals surface area contributed by atoms with Crippen LogP contribution in [0.4, 0.5) is 10.5 Å². The number of hydrogen-bond acceptors (Lipinski definition) is 8. The average Bonchev–Trinajstić information content (AvgIpc) is 2.78. The van der Waals surface area contributed by atoms with E-state index in [0.29, 0.717) is 9.79 Å². The number of rotatable bonds is 6. The second-order valence-corrected chi connectivity index (χ2v) is 10.3. The van der Waals surface area contributed by atoms with Gasteiger partial charge in [0.05, 0.1) is 9.82 Å². The van der Waals surface area contributed by atoms with Crippen molar-refractivity contribution in [2.24, 2.45) is 0 Å². The van der Waals surface area contributed by atoms with Crippen molar-refractivity contribution in [3.05, 3.63) is 52.6 Å². The first kappa shape index (κ1) is 24.0. The van der Waals surface area contributed by atoms with E-state index in [1.807, 2.05) is 0 Å². The van der Waals surface area contributed by atoms with Crippen molar-refractivity contribution < 1.29 is 22.9 Å². The molecular formula is C17H15Cl2N3O6S3. The van der Waals surface area contributed by atoms with E-state index in [1.54, 1.807) is 6.07 Å². The summed E-state index contributed by atoms with van der Waals surface area (Å²) in [4.78, 5) is 25.1. The zero-order valence-corrected chi connectivity index (χ0v) is 19.6. The molecule has 2 aromatic rings. The fourth-order valence-corrected chi connectivity index (χ4v) is 6.24. The lowest BCUT2D eigenvalue weighted by molar-refractivity contribution is -0.384. The normalized spacial score (nSPS) is 15.0. The lowest BCUT2D eigenvalue weighted by atomic mass is 10.3. The minimum Gasteiger partial charge on any atom is -0.410 e.